The third-order valence-electron chi connectivity index (χ3n) is 3.50. The second-order valence-corrected chi connectivity index (χ2v) is 4.94. The van der Waals surface area contributed by atoms with Crippen LogP contribution in [-0.2, 0) is 0 Å². The van der Waals surface area contributed by atoms with Crippen LogP contribution in [0.3, 0.4) is 0 Å². The van der Waals surface area contributed by atoms with Crippen molar-refractivity contribution in [3.63, 3.8) is 0 Å². The van der Waals surface area contributed by atoms with E-state index in [-0.39, 0.29) is 6.17 Å². The van der Waals surface area contributed by atoms with Crippen molar-refractivity contribution in [1.29, 1.82) is 0 Å². The molecular formula is C16H13N6+. The molecule has 2 N–H and O–H groups in total. The van der Waals surface area contributed by atoms with Gasteiger partial charge < -0.3 is 5.73 Å². The summed E-state index contributed by atoms with van der Waals surface area (Å²) in [5, 5.41) is 0.572. The summed E-state index contributed by atoms with van der Waals surface area (Å²) in [6.07, 6.45) is 5.09. The van der Waals surface area contributed by atoms with Crippen LogP contribution in [0.25, 0.3) is 5.69 Å². The van der Waals surface area contributed by atoms with Gasteiger partial charge >= 0.3 is 0 Å². The summed E-state index contributed by atoms with van der Waals surface area (Å²) in [6.45, 7) is 0. The number of para-hydroxylation sites is 1. The molecule has 1 aromatic carbocycles. The highest BCUT2D eigenvalue weighted by molar-refractivity contribution is 5.26. The van der Waals surface area contributed by atoms with Crippen molar-refractivity contribution < 1.29 is 4.57 Å². The lowest BCUT2D eigenvalue weighted by molar-refractivity contribution is -0.596. The number of rotatable bonds is 2. The van der Waals surface area contributed by atoms with Crippen LogP contribution in [0.2, 0.25) is 0 Å². The van der Waals surface area contributed by atoms with E-state index in [1.165, 1.54) is 6.33 Å². The highest BCUT2D eigenvalue weighted by Gasteiger charge is 2.18. The maximum absolute atomic E-state index is 5.82. The molecule has 3 heterocycles. The number of nitrogens with two attached hydrogens (primary N) is 1. The molecular weight excluding hydrogens is 276 g/mol. The molecule has 6 nitrogen and oxygen atoms in total. The quantitative estimate of drug-likeness (QED) is 0.688. The molecule has 106 valence electrons. The first-order valence-corrected chi connectivity index (χ1v) is 6.90. The molecule has 1 aliphatic rings. The summed E-state index contributed by atoms with van der Waals surface area (Å²) in [7, 11) is 0. The Morgan fingerprint density at radius 2 is 1.82 bits per heavy atom. The SMILES string of the molecule is Nc1ncnc2c1=NC(c1ccc[n+](-c3ccccc3)c1)N=2. The Morgan fingerprint density at radius 3 is 2.64 bits per heavy atom. The monoisotopic (exact) mass is 289 g/mol. The van der Waals surface area contributed by atoms with Crippen LogP contribution in [0.1, 0.15) is 11.7 Å². The molecule has 22 heavy (non-hydrogen) atoms. The van der Waals surface area contributed by atoms with Crippen molar-refractivity contribution in [3.8, 4) is 5.69 Å². The van der Waals surface area contributed by atoms with E-state index in [1.807, 2.05) is 59.4 Å². The lowest BCUT2D eigenvalue weighted by Gasteiger charge is -2.03. The van der Waals surface area contributed by atoms with E-state index < -0.39 is 0 Å². The Balaban J connectivity index is 1.78. The topological polar surface area (TPSA) is 80.4 Å². The molecule has 4 rings (SSSR count). The Labute approximate surface area is 126 Å². The van der Waals surface area contributed by atoms with Gasteiger partial charge in [-0.1, -0.05) is 18.2 Å². The number of aromatic nitrogens is 3. The van der Waals surface area contributed by atoms with Gasteiger partial charge in [-0.15, -0.1) is 0 Å². The molecule has 0 spiro atoms. The number of benzene rings is 1. The average molecular weight is 289 g/mol. The molecule has 0 saturated carbocycles. The number of hydrogen-bond donors (Lipinski definition) is 1. The van der Waals surface area contributed by atoms with Crippen molar-refractivity contribution >= 4 is 5.82 Å². The first-order chi connectivity index (χ1) is 10.8. The molecule has 1 unspecified atom stereocenters. The fourth-order valence-electron chi connectivity index (χ4n) is 2.42. The van der Waals surface area contributed by atoms with E-state index in [2.05, 4.69) is 20.0 Å². The lowest BCUT2D eigenvalue weighted by atomic mass is 10.2. The zero-order chi connectivity index (χ0) is 14.9. The number of nitrogen functional groups attached to an aromatic ring is 1. The third-order valence-corrected chi connectivity index (χ3v) is 3.50. The van der Waals surface area contributed by atoms with Crippen molar-refractivity contribution in [1.82, 2.24) is 9.97 Å². The first kappa shape index (κ1) is 12.6. The Bertz CT molecular complexity index is 952. The molecule has 0 aliphatic carbocycles. The summed E-state index contributed by atoms with van der Waals surface area (Å²) in [5.41, 5.74) is 8.43. The normalized spacial score (nSPS) is 15.7. The Morgan fingerprint density at radius 1 is 0.955 bits per heavy atom. The van der Waals surface area contributed by atoms with Gasteiger partial charge in [0.15, 0.2) is 29.9 Å². The van der Waals surface area contributed by atoms with E-state index in [9.17, 15) is 0 Å². The van der Waals surface area contributed by atoms with Crippen LogP contribution in [0.4, 0.5) is 5.82 Å². The van der Waals surface area contributed by atoms with Gasteiger partial charge in [0.2, 0.25) is 5.69 Å². The van der Waals surface area contributed by atoms with Crippen LogP contribution in [0, 0.1) is 0 Å². The standard InChI is InChI=1S/C16H13N6/c17-14-13-16(19-10-18-14)21-15(20-13)11-5-4-8-22(9-11)12-6-2-1-3-7-12/h1-10,15H,(H2,17,18,19,21)/q+1. The minimum atomic E-state index is -0.329. The van der Waals surface area contributed by atoms with Crippen LogP contribution >= 0.6 is 0 Å². The lowest BCUT2D eigenvalue weighted by Crippen LogP contribution is -2.30. The fourth-order valence-corrected chi connectivity index (χ4v) is 2.42. The first-order valence-electron chi connectivity index (χ1n) is 6.90. The Kier molecular flexibility index (Phi) is 2.86. The second kappa shape index (κ2) is 5.00. The van der Waals surface area contributed by atoms with Crippen LogP contribution in [0.15, 0.2) is 71.2 Å². The minimum absolute atomic E-state index is 0.329. The molecule has 2 aromatic heterocycles. The molecule has 1 aliphatic heterocycles. The van der Waals surface area contributed by atoms with Gasteiger partial charge in [-0.3, -0.25) is 0 Å². The van der Waals surface area contributed by atoms with E-state index in [1.54, 1.807) is 0 Å². The van der Waals surface area contributed by atoms with Crippen molar-refractivity contribution in [2.45, 2.75) is 6.17 Å². The zero-order valence-corrected chi connectivity index (χ0v) is 11.7. The van der Waals surface area contributed by atoms with Gasteiger partial charge in [0.05, 0.1) is 5.56 Å². The molecule has 1 atom stereocenters. The largest absolute Gasteiger partial charge is 0.382 e. The summed E-state index contributed by atoms with van der Waals surface area (Å²) in [6, 6.07) is 14.1. The number of pyridine rings is 1. The van der Waals surface area contributed by atoms with E-state index in [0.29, 0.717) is 16.7 Å². The number of nitrogens with zero attached hydrogens (tertiary/aromatic N) is 5. The van der Waals surface area contributed by atoms with Gasteiger partial charge in [-0.25, -0.2) is 20.0 Å². The maximum Gasteiger partial charge on any atom is 0.210 e. The van der Waals surface area contributed by atoms with Gasteiger partial charge in [0, 0.05) is 18.2 Å². The van der Waals surface area contributed by atoms with Crippen molar-refractivity contribution in [2.75, 3.05) is 5.73 Å². The highest BCUT2D eigenvalue weighted by atomic mass is 15.1. The average Bonchev–Trinajstić information content (AvgIpc) is 3.02. The third kappa shape index (κ3) is 2.10. The van der Waals surface area contributed by atoms with Crippen LogP contribution < -0.4 is 21.1 Å². The molecule has 3 aromatic rings. The Hall–Kier alpha value is -3.15. The van der Waals surface area contributed by atoms with E-state index >= 15 is 0 Å². The van der Waals surface area contributed by atoms with Crippen LogP contribution in [-0.4, -0.2) is 9.97 Å². The smallest absolute Gasteiger partial charge is 0.210 e. The number of fused-ring (bicyclic) bond motifs is 1. The summed E-state index contributed by atoms with van der Waals surface area (Å²) in [4.78, 5) is 17.1. The molecule has 0 radical (unpaired) electrons. The maximum atomic E-state index is 5.82. The fraction of sp³-hybridized carbons (Fsp3) is 0.0625. The van der Waals surface area contributed by atoms with Gasteiger partial charge in [-0.05, 0) is 6.07 Å². The summed E-state index contributed by atoms with van der Waals surface area (Å²) >= 11 is 0. The molecule has 6 heteroatoms. The molecule has 0 saturated heterocycles. The molecule has 0 fully saturated rings. The van der Waals surface area contributed by atoms with Gasteiger partial charge in [0.1, 0.15) is 11.7 Å². The summed E-state index contributed by atoms with van der Waals surface area (Å²) < 4.78 is 2.04. The number of hydrogen-bond acceptors (Lipinski definition) is 5. The van der Waals surface area contributed by atoms with Gasteiger partial charge in [0.25, 0.3) is 0 Å². The highest BCUT2D eigenvalue weighted by Crippen LogP contribution is 2.17. The number of anilines is 1. The molecule has 0 bridgehead atoms. The second-order valence-electron chi connectivity index (χ2n) is 4.94. The predicted molar refractivity (Wildman–Crippen MR) is 79.5 cm³/mol. The summed E-state index contributed by atoms with van der Waals surface area (Å²) in [5.74, 6) is 0.364. The van der Waals surface area contributed by atoms with Crippen LogP contribution in [0.5, 0.6) is 0 Å². The van der Waals surface area contributed by atoms with Gasteiger partial charge in [-0.2, -0.15) is 4.57 Å². The predicted octanol–water partition coefficient (Wildman–Crippen LogP) is 0.287. The molecule has 0 amide bonds. The minimum Gasteiger partial charge on any atom is -0.382 e. The van der Waals surface area contributed by atoms with E-state index in [0.717, 1.165) is 11.3 Å². The zero-order valence-electron chi connectivity index (χ0n) is 11.7. The van der Waals surface area contributed by atoms with Crippen molar-refractivity contribution in [3.05, 3.63) is 77.6 Å². The van der Waals surface area contributed by atoms with E-state index in [4.69, 9.17) is 5.73 Å². The van der Waals surface area contributed by atoms with Crippen molar-refractivity contribution in [2.24, 2.45) is 9.98 Å².